The normalized spacial score (nSPS) is 20.8. The van der Waals surface area contributed by atoms with Gasteiger partial charge in [-0.3, -0.25) is 4.90 Å². The first-order chi connectivity index (χ1) is 9.04. The summed E-state index contributed by atoms with van der Waals surface area (Å²) in [5, 5.41) is 0.00812. The Morgan fingerprint density at radius 3 is 3.05 bits per heavy atom. The predicted molar refractivity (Wildman–Crippen MR) is 74.7 cm³/mol. The summed E-state index contributed by atoms with van der Waals surface area (Å²) in [5.41, 5.74) is 0. The number of hydrogen-bond acceptors (Lipinski definition) is 4. The first-order valence-corrected chi connectivity index (χ1v) is 8.25. The van der Waals surface area contributed by atoms with Crippen molar-refractivity contribution >= 4 is 21.6 Å². The Morgan fingerprint density at radius 1 is 1.58 bits per heavy atom. The minimum Gasteiger partial charge on any atom is -0.299 e. The van der Waals surface area contributed by atoms with Crippen molar-refractivity contribution < 1.29 is 8.42 Å². The predicted octanol–water partition coefficient (Wildman–Crippen LogP) is 1.50. The van der Waals surface area contributed by atoms with E-state index in [1.54, 1.807) is 6.07 Å². The van der Waals surface area contributed by atoms with Gasteiger partial charge in [0, 0.05) is 18.8 Å². The number of likely N-dealkylation sites (tertiary alicyclic amines) is 1. The van der Waals surface area contributed by atoms with Crippen LogP contribution in [-0.2, 0) is 10.0 Å². The summed E-state index contributed by atoms with van der Waals surface area (Å²) in [5.74, 6) is 0. The molecular formula is C12H18ClN3O2S. The first-order valence-electron chi connectivity index (χ1n) is 6.39. The van der Waals surface area contributed by atoms with Crippen LogP contribution in [0.4, 0.5) is 0 Å². The van der Waals surface area contributed by atoms with Crippen molar-refractivity contribution in [3.63, 3.8) is 0 Å². The third-order valence-electron chi connectivity index (χ3n) is 3.43. The Labute approximate surface area is 119 Å². The number of nitrogens with one attached hydrogen (secondary N) is 1. The standard InChI is InChI=1S/C12H18ClN3O2S/c1-2-16-8-4-5-10(16)9-15-19(17,18)11-6-3-7-14-12(11)13/h3,6-7,10,15H,2,4-5,8-9H2,1H3. The topological polar surface area (TPSA) is 62.3 Å². The molecule has 0 saturated carbocycles. The van der Waals surface area contributed by atoms with Crippen molar-refractivity contribution in [3.05, 3.63) is 23.5 Å². The zero-order valence-corrected chi connectivity index (χ0v) is 12.4. The van der Waals surface area contributed by atoms with Gasteiger partial charge in [0.25, 0.3) is 0 Å². The number of aromatic nitrogens is 1. The smallest absolute Gasteiger partial charge is 0.243 e. The number of pyridine rings is 1. The Hall–Kier alpha value is -0.690. The summed E-state index contributed by atoms with van der Waals surface area (Å²) in [4.78, 5) is 6.12. The Morgan fingerprint density at radius 2 is 2.37 bits per heavy atom. The molecule has 1 N–H and O–H groups in total. The van der Waals surface area contributed by atoms with E-state index in [4.69, 9.17) is 11.6 Å². The quantitative estimate of drug-likeness (QED) is 0.837. The number of rotatable bonds is 5. The highest BCUT2D eigenvalue weighted by atomic mass is 35.5. The zero-order valence-electron chi connectivity index (χ0n) is 10.8. The van der Waals surface area contributed by atoms with Crippen LogP contribution in [-0.4, -0.2) is 44.0 Å². The van der Waals surface area contributed by atoms with Gasteiger partial charge in [-0.2, -0.15) is 0 Å². The fourth-order valence-corrected chi connectivity index (χ4v) is 3.92. The molecule has 1 aliphatic heterocycles. The molecule has 7 heteroatoms. The Balaban J connectivity index is 2.04. The minimum absolute atomic E-state index is 0.00812. The molecular weight excluding hydrogens is 286 g/mol. The van der Waals surface area contributed by atoms with Crippen molar-refractivity contribution in [1.29, 1.82) is 0 Å². The molecule has 1 aromatic heterocycles. The summed E-state index contributed by atoms with van der Waals surface area (Å²) in [6.07, 6.45) is 3.61. The lowest BCUT2D eigenvalue weighted by atomic mass is 10.2. The fraction of sp³-hybridized carbons (Fsp3) is 0.583. The third kappa shape index (κ3) is 3.45. The van der Waals surface area contributed by atoms with Crippen LogP contribution in [0.5, 0.6) is 0 Å². The molecule has 19 heavy (non-hydrogen) atoms. The van der Waals surface area contributed by atoms with Crippen LogP contribution < -0.4 is 4.72 Å². The second-order valence-corrected chi connectivity index (χ2v) is 6.66. The van der Waals surface area contributed by atoms with Crippen molar-refractivity contribution in [2.24, 2.45) is 0 Å². The van der Waals surface area contributed by atoms with E-state index >= 15 is 0 Å². The van der Waals surface area contributed by atoms with Gasteiger partial charge in [-0.05, 0) is 38.1 Å². The summed E-state index contributed by atoms with van der Waals surface area (Å²) in [7, 11) is -3.58. The van der Waals surface area contributed by atoms with E-state index in [9.17, 15) is 8.42 Å². The van der Waals surface area contributed by atoms with E-state index in [-0.39, 0.29) is 16.1 Å². The van der Waals surface area contributed by atoms with Crippen LogP contribution in [0.1, 0.15) is 19.8 Å². The molecule has 1 atom stereocenters. The van der Waals surface area contributed by atoms with Crippen LogP contribution in [0, 0.1) is 0 Å². The van der Waals surface area contributed by atoms with Gasteiger partial charge in [-0.15, -0.1) is 0 Å². The molecule has 1 saturated heterocycles. The van der Waals surface area contributed by atoms with E-state index in [0.717, 1.165) is 25.9 Å². The highest BCUT2D eigenvalue weighted by molar-refractivity contribution is 7.89. The maximum atomic E-state index is 12.2. The third-order valence-corrected chi connectivity index (χ3v) is 5.30. The maximum Gasteiger partial charge on any atom is 0.243 e. The largest absolute Gasteiger partial charge is 0.299 e. The van der Waals surface area contributed by atoms with Gasteiger partial charge in [-0.25, -0.2) is 18.1 Å². The molecule has 1 fully saturated rings. The van der Waals surface area contributed by atoms with Gasteiger partial charge in [0.1, 0.15) is 10.0 Å². The molecule has 1 unspecified atom stereocenters. The van der Waals surface area contributed by atoms with Crippen LogP contribution in [0.3, 0.4) is 0 Å². The van der Waals surface area contributed by atoms with E-state index < -0.39 is 10.0 Å². The summed E-state index contributed by atoms with van der Waals surface area (Å²) < 4.78 is 26.9. The van der Waals surface area contributed by atoms with Crippen molar-refractivity contribution in [1.82, 2.24) is 14.6 Å². The van der Waals surface area contributed by atoms with Gasteiger partial charge in [-0.1, -0.05) is 18.5 Å². The van der Waals surface area contributed by atoms with Crippen molar-refractivity contribution in [2.45, 2.75) is 30.7 Å². The van der Waals surface area contributed by atoms with Crippen molar-refractivity contribution in [3.8, 4) is 0 Å². The maximum absolute atomic E-state index is 12.2. The van der Waals surface area contributed by atoms with E-state index in [0.29, 0.717) is 6.54 Å². The van der Waals surface area contributed by atoms with E-state index in [2.05, 4.69) is 21.5 Å². The van der Waals surface area contributed by atoms with Crippen molar-refractivity contribution in [2.75, 3.05) is 19.6 Å². The number of nitrogens with zero attached hydrogens (tertiary/aromatic N) is 2. The van der Waals surface area contributed by atoms with Crippen LogP contribution in [0.25, 0.3) is 0 Å². The second kappa shape index (κ2) is 6.17. The molecule has 0 amide bonds. The first kappa shape index (κ1) is 14.7. The molecule has 0 aromatic carbocycles. The summed E-state index contributed by atoms with van der Waals surface area (Å²) in [6.45, 7) is 4.49. The SMILES string of the molecule is CCN1CCCC1CNS(=O)(=O)c1cccnc1Cl. The van der Waals surface area contributed by atoms with E-state index in [1.165, 1.54) is 12.3 Å². The highest BCUT2D eigenvalue weighted by Gasteiger charge is 2.26. The second-order valence-electron chi connectivity index (χ2n) is 4.57. The summed E-state index contributed by atoms with van der Waals surface area (Å²) in [6, 6.07) is 3.30. The van der Waals surface area contributed by atoms with Crippen LogP contribution in [0.15, 0.2) is 23.2 Å². The van der Waals surface area contributed by atoms with Crippen LogP contribution >= 0.6 is 11.6 Å². The van der Waals surface area contributed by atoms with Gasteiger partial charge < -0.3 is 0 Å². The lowest BCUT2D eigenvalue weighted by Gasteiger charge is -2.22. The van der Waals surface area contributed by atoms with Gasteiger partial charge >= 0.3 is 0 Å². The fourth-order valence-electron chi connectivity index (χ4n) is 2.40. The molecule has 106 valence electrons. The molecule has 0 spiro atoms. The molecule has 1 aromatic rings. The van der Waals surface area contributed by atoms with Gasteiger partial charge in [0.2, 0.25) is 10.0 Å². The molecule has 0 aliphatic carbocycles. The minimum atomic E-state index is -3.58. The lowest BCUT2D eigenvalue weighted by molar-refractivity contribution is 0.268. The Kier molecular flexibility index (Phi) is 4.78. The molecule has 0 radical (unpaired) electrons. The number of likely N-dealkylation sites (N-methyl/N-ethyl adjacent to an activating group) is 1. The average molecular weight is 304 g/mol. The summed E-state index contributed by atoms with van der Waals surface area (Å²) >= 11 is 5.82. The number of sulfonamides is 1. The average Bonchev–Trinajstić information content (AvgIpc) is 2.84. The molecule has 2 rings (SSSR count). The van der Waals surface area contributed by atoms with E-state index in [1.807, 2.05) is 0 Å². The van der Waals surface area contributed by atoms with Gasteiger partial charge in [0.15, 0.2) is 0 Å². The molecule has 2 heterocycles. The monoisotopic (exact) mass is 303 g/mol. The van der Waals surface area contributed by atoms with Crippen LogP contribution in [0.2, 0.25) is 5.15 Å². The number of halogens is 1. The molecule has 5 nitrogen and oxygen atoms in total. The molecule has 0 bridgehead atoms. The zero-order chi connectivity index (χ0) is 13.9. The molecule has 1 aliphatic rings. The lowest BCUT2D eigenvalue weighted by Crippen LogP contribution is -2.40. The number of hydrogen-bond donors (Lipinski definition) is 1. The Bertz CT molecular complexity index is 536. The highest BCUT2D eigenvalue weighted by Crippen LogP contribution is 2.19. The van der Waals surface area contributed by atoms with Gasteiger partial charge in [0.05, 0.1) is 0 Å².